The second kappa shape index (κ2) is 8.97. The Morgan fingerprint density at radius 1 is 1.06 bits per heavy atom. The number of aromatic nitrogens is 1. The number of hydrogen-bond acceptors (Lipinski definition) is 4. The number of halogens is 3. The Balaban J connectivity index is 1.49. The van der Waals surface area contributed by atoms with Crippen molar-refractivity contribution in [1.29, 1.82) is 0 Å². The average molecular weight is 435 g/mol. The molecule has 2 fully saturated rings. The monoisotopic (exact) mass is 434 g/mol. The van der Waals surface area contributed by atoms with Crippen molar-refractivity contribution in [3.63, 3.8) is 0 Å². The number of nitrogens with zero attached hydrogens (tertiary/aromatic N) is 2. The lowest BCUT2D eigenvalue weighted by atomic mass is 9.75. The minimum Gasteiger partial charge on any atom is -0.490 e. The Hall–Kier alpha value is -2.44. The van der Waals surface area contributed by atoms with Gasteiger partial charge in [-0.1, -0.05) is 19.4 Å². The van der Waals surface area contributed by atoms with Gasteiger partial charge in [-0.05, 0) is 56.0 Å². The molecule has 168 valence electrons. The first kappa shape index (κ1) is 21.8. The highest BCUT2D eigenvalue weighted by molar-refractivity contribution is 5.44. The number of hydrogen-bond donors (Lipinski definition) is 0. The lowest BCUT2D eigenvalue weighted by Crippen LogP contribution is -2.54. The van der Waals surface area contributed by atoms with E-state index in [4.69, 9.17) is 9.47 Å². The summed E-state index contributed by atoms with van der Waals surface area (Å²) in [5, 5.41) is 0. The van der Waals surface area contributed by atoms with E-state index in [1.807, 2.05) is 25.1 Å². The number of pyridine rings is 1. The zero-order valence-electron chi connectivity index (χ0n) is 18.0. The summed E-state index contributed by atoms with van der Waals surface area (Å²) in [7, 11) is 0. The van der Waals surface area contributed by atoms with Crippen molar-refractivity contribution in [2.45, 2.75) is 51.8 Å². The van der Waals surface area contributed by atoms with E-state index in [1.54, 1.807) is 0 Å². The number of piperidine rings is 1. The van der Waals surface area contributed by atoms with Gasteiger partial charge in [0.05, 0.1) is 12.2 Å². The number of rotatable bonds is 6. The Labute approximate surface area is 181 Å². The zero-order valence-corrected chi connectivity index (χ0v) is 18.0. The molecule has 2 bridgehead atoms. The largest absolute Gasteiger partial charge is 0.490 e. The normalized spacial score (nSPS) is 23.5. The van der Waals surface area contributed by atoms with Gasteiger partial charge in [-0.25, -0.2) is 4.98 Å². The number of benzene rings is 1. The molecule has 1 aliphatic heterocycles. The maximum atomic E-state index is 12.9. The maximum absolute atomic E-state index is 12.9. The van der Waals surface area contributed by atoms with Crippen molar-refractivity contribution in [1.82, 2.24) is 4.98 Å². The SMILES string of the molecule is CCCOc1cc(C)ccc1OC1[C@@H]2CCC[C@H]1CN(c1ccc(C(F)(F)F)cn1)C2. The Morgan fingerprint density at radius 2 is 1.81 bits per heavy atom. The van der Waals surface area contributed by atoms with Gasteiger partial charge in [0.1, 0.15) is 11.9 Å². The van der Waals surface area contributed by atoms with Crippen molar-refractivity contribution >= 4 is 5.82 Å². The van der Waals surface area contributed by atoms with E-state index in [0.717, 1.165) is 68.1 Å². The Bertz CT molecular complexity index is 871. The highest BCUT2D eigenvalue weighted by atomic mass is 19.4. The van der Waals surface area contributed by atoms with Crippen LogP contribution in [0.2, 0.25) is 0 Å². The van der Waals surface area contributed by atoms with E-state index in [9.17, 15) is 13.2 Å². The van der Waals surface area contributed by atoms with E-state index in [1.165, 1.54) is 6.07 Å². The van der Waals surface area contributed by atoms with Crippen LogP contribution in [-0.4, -0.2) is 30.8 Å². The van der Waals surface area contributed by atoms with Gasteiger partial charge in [0, 0.05) is 31.1 Å². The van der Waals surface area contributed by atoms with E-state index >= 15 is 0 Å². The first-order chi connectivity index (χ1) is 14.8. The van der Waals surface area contributed by atoms with Crippen LogP contribution in [0.25, 0.3) is 0 Å². The second-order valence-corrected chi connectivity index (χ2v) is 8.64. The van der Waals surface area contributed by atoms with Crippen molar-refractivity contribution in [2.75, 3.05) is 24.6 Å². The summed E-state index contributed by atoms with van der Waals surface area (Å²) in [5.74, 6) is 2.77. The third-order valence-electron chi connectivity index (χ3n) is 6.21. The molecule has 3 atom stereocenters. The fourth-order valence-electron chi connectivity index (χ4n) is 4.69. The van der Waals surface area contributed by atoms with Gasteiger partial charge in [-0.2, -0.15) is 13.2 Å². The minimum atomic E-state index is -4.37. The van der Waals surface area contributed by atoms with Crippen LogP contribution in [0, 0.1) is 18.8 Å². The molecule has 4 rings (SSSR count). The smallest absolute Gasteiger partial charge is 0.417 e. The maximum Gasteiger partial charge on any atom is 0.417 e. The van der Waals surface area contributed by atoms with Crippen molar-refractivity contribution in [3.8, 4) is 11.5 Å². The molecule has 2 aliphatic rings. The molecule has 7 heteroatoms. The van der Waals surface area contributed by atoms with Crippen LogP contribution in [0.5, 0.6) is 11.5 Å². The number of aryl methyl sites for hydroxylation is 1. The fourth-order valence-corrected chi connectivity index (χ4v) is 4.69. The molecule has 0 spiro atoms. The minimum absolute atomic E-state index is 0.0751. The molecular weight excluding hydrogens is 405 g/mol. The molecule has 1 aromatic heterocycles. The van der Waals surface area contributed by atoms with Crippen LogP contribution in [-0.2, 0) is 6.18 Å². The molecule has 0 N–H and O–H groups in total. The summed E-state index contributed by atoms with van der Waals surface area (Å²) in [5.41, 5.74) is 0.412. The predicted molar refractivity (Wildman–Crippen MR) is 114 cm³/mol. The van der Waals surface area contributed by atoms with Crippen LogP contribution in [0.3, 0.4) is 0 Å². The molecule has 1 aromatic carbocycles. The second-order valence-electron chi connectivity index (χ2n) is 8.64. The van der Waals surface area contributed by atoms with Crippen LogP contribution >= 0.6 is 0 Å². The summed E-state index contributed by atoms with van der Waals surface area (Å²) in [6.07, 6.45) is 0.788. The number of ether oxygens (including phenoxy) is 2. The molecule has 2 heterocycles. The van der Waals surface area contributed by atoms with E-state index in [2.05, 4.69) is 16.8 Å². The lowest BCUT2D eigenvalue weighted by molar-refractivity contribution is -0.137. The summed E-state index contributed by atoms with van der Waals surface area (Å²) >= 11 is 0. The highest BCUT2D eigenvalue weighted by Crippen LogP contribution is 2.41. The average Bonchev–Trinajstić information content (AvgIpc) is 2.73. The summed E-state index contributed by atoms with van der Waals surface area (Å²) in [6.45, 7) is 6.22. The van der Waals surface area contributed by atoms with Crippen LogP contribution in [0.4, 0.5) is 19.0 Å². The molecule has 0 amide bonds. The molecule has 4 nitrogen and oxygen atoms in total. The molecular formula is C24H29F3N2O2. The van der Waals surface area contributed by atoms with E-state index in [-0.39, 0.29) is 6.10 Å². The Kier molecular flexibility index (Phi) is 6.30. The van der Waals surface area contributed by atoms with Gasteiger partial charge < -0.3 is 14.4 Å². The van der Waals surface area contributed by atoms with Gasteiger partial charge >= 0.3 is 6.18 Å². The highest BCUT2D eigenvalue weighted by Gasteiger charge is 2.42. The number of fused-ring (bicyclic) bond motifs is 2. The van der Waals surface area contributed by atoms with Crippen molar-refractivity contribution in [3.05, 3.63) is 47.7 Å². The summed E-state index contributed by atoms with van der Waals surface area (Å²) in [6, 6.07) is 8.63. The molecule has 1 unspecified atom stereocenters. The summed E-state index contributed by atoms with van der Waals surface area (Å²) < 4.78 is 51.0. The molecule has 2 aromatic rings. The molecule has 0 radical (unpaired) electrons. The number of anilines is 1. The lowest BCUT2D eigenvalue weighted by Gasteiger charge is -2.47. The van der Waals surface area contributed by atoms with Gasteiger partial charge in [0.25, 0.3) is 0 Å². The van der Waals surface area contributed by atoms with Crippen molar-refractivity contribution in [2.24, 2.45) is 11.8 Å². The topological polar surface area (TPSA) is 34.6 Å². The van der Waals surface area contributed by atoms with Crippen LogP contribution in [0.1, 0.15) is 43.7 Å². The standard InChI is InChI=1S/C24H29F3N2O2/c1-3-11-30-21-12-16(2)7-9-20(21)31-23-17-5-4-6-18(23)15-29(14-17)22-10-8-19(13-28-22)24(25,26)27/h7-10,12-13,17-18,23H,3-6,11,14-15H2,1-2H3/t17-,18+,23?. The van der Waals surface area contributed by atoms with Gasteiger partial charge in [0.15, 0.2) is 11.5 Å². The molecule has 1 saturated heterocycles. The summed E-state index contributed by atoms with van der Waals surface area (Å²) in [4.78, 5) is 6.22. The quantitative estimate of drug-likeness (QED) is 0.569. The van der Waals surface area contributed by atoms with Gasteiger partial charge in [0.2, 0.25) is 0 Å². The first-order valence-corrected chi connectivity index (χ1v) is 11.0. The molecule has 1 saturated carbocycles. The molecule has 31 heavy (non-hydrogen) atoms. The van der Waals surface area contributed by atoms with E-state index < -0.39 is 11.7 Å². The molecule has 1 aliphatic carbocycles. The fraction of sp³-hybridized carbons (Fsp3) is 0.542. The zero-order chi connectivity index (χ0) is 22.0. The Morgan fingerprint density at radius 3 is 2.42 bits per heavy atom. The van der Waals surface area contributed by atoms with Crippen molar-refractivity contribution < 1.29 is 22.6 Å². The predicted octanol–water partition coefficient (Wildman–Crippen LogP) is 5.88. The van der Waals surface area contributed by atoms with E-state index in [0.29, 0.717) is 24.3 Å². The third-order valence-corrected chi connectivity index (χ3v) is 6.21. The third kappa shape index (κ3) is 4.91. The van der Waals surface area contributed by atoms with Crippen LogP contribution in [0.15, 0.2) is 36.5 Å². The first-order valence-electron chi connectivity index (χ1n) is 11.0. The van der Waals surface area contributed by atoms with Gasteiger partial charge in [-0.3, -0.25) is 0 Å². The number of alkyl halides is 3. The van der Waals surface area contributed by atoms with Crippen LogP contribution < -0.4 is 14.4 Å². The van der Waals surface area contributed by atoms with Gasteiger partial charge in [-0.15, -0.1) is 0 Å².